The van der Waals surface area contributed by atoms with Gasteiger partial charge in [-0.15, -0.1) is 0 Å². The number of aryl methyl sites for hydroxylation is 1. The lowest BCUT2D eigenvalue weighted by atomic mass is 9.87. The zero-order valence-corrected chi connectivity index (χ0v) is 17.8. The molecule has 3 rings (SSSR count). The quantitative estimate of drug-likeness (QED) is 0.694. The summed E-state index contributed by atoms with van der Waals surface area (Å²) in [6, 6.07) is 14.5. The van der Waals surface area contributed by atoms with E-state index in [-0.39, 0.29) is 23.0 Å². The lowest BCUT2D eigenvalue weighted by Gasteiger charge is -2.38. The molecule has 0 spiro atoms. The van der Waals surface area contributed by atoms with E-state index in [1.165, 1.54) is 5.56 Å². The standard InChI is InChI=1S/C25H31NO2/c1-17-7-13-20-21(16-25(5,6)28-22(20)15-17)26-23(27)14-10-18-8-11-19(12-9-18)24(2,3)4/h7-15,21H,16H2,1-6H3,(H,26,27)/b14-10+/t21-/m0/s1. The average Bonchev–Trinajstić information content (AvgIpc) is 2.58. The van der Waals surface area contributed by atoms with Crippen LogP contribution in [-0.2, 0) is 10.2 Å². The summed E-state index contributed by atoms with van der Waals surface area (Å²) in [7, 11) is 0. The van der Waals surface area contributed by atoms with Gasteiger partial charge in [0, 0.05) is 18.1 Å². The number of nitrogens with one attached hydrogen (secondary N) is 1. The number of fused-ring (bicyclic) bond motifs is 1. The molecule has 3 nitrogen and oxygen atoms in total. The first-order chi connectivity index (χ1) is 13.0. The number of carbonyl (C=O) groups is 1. The molecule has 2 aromatic rings. The smallest absolute Gasteiger partial charge is 0.244 e. The van der Waals surface area contributed by atoms with Crippen LogP contribution in [0.15, 0.2) is 48.5 Å². The highest BCUT2D eigenvalue weighted by Gasteiger charge is 2.34. The van der Waals surface area contributed by atoms with E-state index in [0.29, 0.717) is 0 Å². The fraction of sp³-hybridized carbons (Fsp3) is 0.400. The Balaban J connectivity index is 1.72. The normalized spacial score (nSPS) is 18.4. The molecule has 0 radical (unpaired) electrons. The summed E-state index contributed by atoms with van der Waals surface area (Å²) >= 11 is 0. The van der Waals surface area contributed by atoms with Crippen LogP contribution in [0.2, 0.25) is 0 Å². The maximum Gasteiger partial charge on any atom is 0.244 e. The Kier molecular flexibility index (Phi) is 5.38. The second-order valence-corrected chi connectivity index (χ2v) is 9.37. The van der Waals surface area contributed by atoms with E-state index in [1.807, 2.05) is 19.1 Å². The summed E-state index contributed by atoms with van der Waals surface area (Å²) in [5.41, 5.74) is 4.31. The number of hydrogen-bond donors (Lipinski definition) is 1. The van der Waals surface area contributed by atoms with Crippen LogP contribution in [0.5, 0.6) is 5.75 Å². The largest absolute Gasteiger partial charge is 0.487 e. The maximum absolute atomic E-state index is 12.6. The summed E-state index contributed by atoms with van der Waals surface area (Å²) in [5, 5.41) is 3.15. The van der Waals surface area contributed by atoms with Crippen molar-refractivity contribution < 1.29 is 9.53 Å². The van der Waals surface area contributed by atoms with E-state index in [0.717, 1.165) is 28.9 Å². The van der Waals surface area contributed by atoms with Gasteiger partial charge in [-0.3, -0.25) is 4.79 Å². The van der Waals surface area contributed by atoms with E-state index in [2.05, 4.69) is 76.3 Å². The molecule has 28 heavy (non-hydrogen) atoms. The molecule has 0 bridgehead atoms. The molecule has 0 fully saturated rings. The van der Waals surface area contributed by atoms with E-state index in [9.17, 15) is 4.79 Å². The Morgan fingerprint density at radius 1 is 1.14 bits per heavy atom. The Bertz CT molecular complexity index is 886. The highest BCUT2D eigenvalue weighted by atomic mass is 16.5. The summed E-state index contributed by atoms with van der Waals surface area (Å²) in [6.07, 6.45) is 4.22. The Morgan fingerprint density at radius 2 is 1.82 bits per heavy atom. The summed E-state index contributed by atoms with van der Waals surface area (Å²) in [4.78, 5) is 12.6. The van der Waals surface area contributed by atoms with Gasteiger partial charge in [0.05, 0.1) is 6.04 Å². The van der Waals surface area contributed by atoms with Gasteiger partial charge in [-0.2, -0.15) is 0 Å². The summed E-state index contributed by atoms with van der Waals surface area (Å²) in [5.74, 6) is 0.775. The first kappa shape index (κ1) is 20.2. The van der Waals surface area contributed by atoms with Crippen molar-refractivity contribution >= 4 is 12.0 Å². The minimum absolute atomic E-state index is 0.0558. The van der Waals surface area contributed by atoms with Gasteiger partial charge in [-0.1, -0.05) is 57.2 Å². The van der Waals surface area contributed by atoms with Crippen molar-refractivity contribution in [1.29, 1.82) is 0 Å². The summed E-state index contributed by atoms with van der Waals surface area (Å²) < 4.78 is 6.11. The molecule has 148 valence electrons. The lowest BCUT2D eigenvalue weighted by Crippen LogP contribution is -2.40. The van der Waals surface area contributed by atoms with E-state index >= 15 is 0 Å². The van der Waals surface area contributed by atoms with Crippen molar-refractivity contribution in [1.82, 2.24) is 5.32 Å². The second kappa shape index (κ2) is 7.46. The van der Waals surface area contributed by atoms with Gasteiger partial charge < -0.3 is 10.1 Å². The molecule has 0 saturated carbocycles. The number of amides is 1. The zero-order valence-electron chi connectivity index (χ0n) is 17.8. The maximum atomic E-state index is 12.6. The molecule has 0 aromatic heterocycles. The van der Waals surface area contributed by atoms with Gasteiger partial charge in [0.1, 0.15) is 11.4 Å². The minimum atomic E-state index is -0.314. The molecule has 1 heterocycles. The van der Waals surface area contributed by atoms with Crippen LogP contribution in [0.3, 0.4) is 0 Å². The zero-order chi connectivity index (χ0) is 20.5. The topological polar surface area (TPSA) is 38.3 Å². The molecular formula is C25H31NO2. The van der Waals surface area contributed by atoms with Gasteiger partial charge in [0.25, 0.3) is 0 Å². The van der Waals surface area contributed by atoms with Gasteiger partial charge in [-0.05, 0) is 55.0 Å². The van der Waals surface area contributed by atoms with Crippen LogP contribution in [-0.4, -0.2) is 11.5 Å². The van der Waals surface area contributed by atoms with Gasteiger partial charge >= 0.3 is 0 Å². The Morgan fingerprint density at radius 3 is 2.46 bits per heavy atom. The van der Waals surface area contributed by atoms with Crippen LogP contribution >= 0.6 is 0 Å². The Hall–Kier alpha value is -2.55. The third kappa shape index (κ3) is 4.83. The molecule has 2 aromatic carbocycles. The summed E-state index contributed by atoms with van der Waals surface area (Å²) in [6.45, 7) is 12.8. The predicted molar refractivity (Wildman–Crippen MR) is 116 cm³/mol. The van der Waals surface area contributed by atoms with Crippen LogP contribution in [0.1, 0.15) is 69.3 Å². The van der Waals surface area contributed by atoms with Crippen molar-refractivity contribution in [3.63, 3.8) is 0 Å². The van der Waals surface area contributed by atoms with Crippen molar-refractivity contribution in [3.05, 3.63) is 70.8 Å². The molecule has 1 N–H and O–H groups in total. The predicted octanol–water partition coefficient (Wildman–Crippen LogP) is 5.72. The fourth-order valence-electron chi connectivity index (χ4n) is 3.57. The van der Waals surface area contributed by atoms with Crippen LogP contribution in [0.25, 0.3) is 6.08 Å². The second-order valence-electron chi connectivity index (χ2n) is 9.37. The van der Waals surface area contributed by atoms with Crippen molar-refractivity contribution in [3.8, 4) is 5.75 Å². The highest BCUT2D eigenvalue weighted by Crippen LogP contribution is 2.39. The average molecular weight is 378 g/mol. The first-order valence-corrected chi connectivity index (χ1v) is 9.92. The molecule has 1 aliphatic rings. The number of ether oxygens (including phenoxy) is 1. The van der Waals surface area contributed by atoms with E-state index < -0.39 is 0 Å². The van der Waals surface area contributed by atoms with Crippen LogP contribution in [0.4, 0.5) is 0 Å². The van der Waals surface area contributed by atoms with E-state index in [4.69, 9.17) is 4.74 Å². The lowest BCUT2D eigenvalue weighted by molar-refractivity contribution is -0.117. The fourth-order valence-corrected chi connectivity index (χ4v) is 3.57. The molecule has 0 unspecified atom stereocenters. The number of hydrogen-bond acceptors (Lipinski definition) is 2. The third-order valence-electron chi connectivity index (χ3n) is 5.15. The molecule has 1 atom stereocenters. The van der Waals surface area contributed by atoms with Crippen molar-refractivity contribution in [2.75, 3.05) is 0 Å². The van der Waals surface area contributed by atoms with Crippen LogP contribution in [0, 0.1) is 6.92 Å². The molecule has 1 aliphatic heterocycles. The molecule has 3 heteroatoms. The molecule has 1 amide bonds. The molecule has 0 aliphatic carbocycles. The highest BCUT2D eigenvalue weighted by molar-refractivity contribution is 5.92. The number of benzene rings is 2. The van der Waals surface area contributed by atoms with Gasteiger partial charge in [-0.25, -0.2) is 0 Å². The van der Waals surface area contributed by atoms with Gasteiger partial charge in [0.2, 0.25) is 5.91 Å². The molecular weight excluding hydrogens is 346 g/mol. The number of carbonyl (C=O) groups excluding carboxylic acids is 1. The Labute approximate surface area is 168 Å². The SMILES string of the molecule is Cc1ccc2c(c1)OC(C)(C)C[C@@H]2NC(=O)/C=C/c1ccc(C(C)(C)C)cc1. The molecule has 0 saturated heterocycles. The minimum Gasteiger partial charge on any atom is -0.487 e. The van der Waals surface area contributed by atoms with Crippen molar-refractivity contribution in [2.24, 2.45) is 0 Å². The first-order valence-electron chi connectivity index (χ1n) is 9.92. The number of rotatable bonds is 3. The van der Waals surface area contributed by atoms with E-state index in [1.54, 1.807) is 6.08 Å². The van der Waals surface area contributed by atoms with Crippen LogP contribution < -0.4 is 10.1 Å². The third-order valence-corrected chi connectivity index (χ3v) is 5.15. The van der Waals surface area contributed by atoms with Crippen molar-refractivity contribution in [2.45, 2.75) is 65.0 Å². The van der Waals surface area contributed by atoms with Gasteiger partial charge in [0.15, 0.2) is 0 Å². The monoisotopic (exact) mass is 377 g/mol.